The van der Waals surface area contributed by atoms with Crippen LogP contribution in [0.15, 0.2) is 36.9 Å². The number of hydroxylamine groups is 1. The van der Waals surface area contributed by atoms with Gasteiger partial charge in [0.05, 0.1) is 19.3 Å². The average Bonchev–Trinajstić information content (AvgIpc) is 3.06. The van der Waals surface area contributed by atoms with Crippen molar-refractivity contribution in [3.63, 3.8) is 0 Å². The molecule has 2 atom stereocenters. The molecule has 0 bridgehead atoms. The molecule has 2 unspecified atom stereocenters. The average molecular weight is 433 g/mol. The molecule has 0 radical (unpaired) electrons. The minimum atomic E-state index is -0.886. The number of hydrogen-bond donors (Lipinski definition) is 1. The van der Waals surface area contributed by atoms with Gasteiger partial charge in [-0.25, -0.2) is 9.59 Å². The van der Waals surface area contributed by atoms with Crippen molar-refractivity contribution < 1.29 is 23.9 Å². The number of esters is 1. The van der Waals surface area contributed by atoms with Crippen molar-refractivity contribution in [2.45, 2.75) is 45.4 Å². The quantitative estimate of drug-likeness (QED) is 0.313. The summed E-state index contributed by atoms with van der Waals surface area (Å²) >= 11 is 1.58. The summed E-state index contributed by atoms with van der Waals surface area (Å²) in [4.78, 5) is 34.0. The van der Waals surface area contributed by atoms with Gasteiger partial charge in [0.15, 0.2) is 6.04 Å². The first-order valence-corrected chi connectivity index (χ1v) is 10.7. The first-order valence-electron chi connectivity index (χ1n) is 9.92. The van der Waals surface area contributed by atoms with Gasteiger partial charge in [0.2, 0.25) is 0 Å². The Kier molecular flexibility index (Phi) is 6.80. The van der Waals surface area contributed by atoms with Crippen LogP contribution >= 0.6 is 11.3 Å². The van der Waals surface area contributed by atoms with E-state index < -0.39 is 23.7 Å². The Morgan fingerprint density at radius 3 is 2.73 bits per heavy atom. The number of nitrogens with zero attached hydrogens (tertiary/aromatic N) is 1. The van der Waals surface area contributed by atoms with Gasteiger partial charge in [-0.15, -0.1) is 17.9 Å². The van der Waals surface area contributed by atoms with E-state index >= 15 is 0 Å². The first-order chi connectivity index (χ1) is 14.3. The van der Waals surface area contributed by atoms with E-state index in [0.717, 1.165) is 20.5 Å². The summed E-state index contributed by atoms with van der Waals surface area (Å²) < 4.78 is 12.0. The lowest BCUT2D eigenvalue weighted by atomic mass is 9.94. The number of fused-ring (bicyclic) bond motifs is 3. The Morgan fingerprint density at radius 1 is 1.33 bits per heavy atom. The van der Waals surface area contributed by atoms with E-state index in [9.17, 15) is 9.59 Å². The van der Waals surface area contributed by atoms with Crippen LogP contribution in [0.2, 0.25) is 0 Å². The zero-order chi connectivity index (χ0) is 21.9. The van der Waals surface area contributed by atoms with Gasteiger partial charge in [-0.2, -0.15) is 5.48 Å². The Hall–Kier alpha value is -2.42. The molecule has 1 amide bonds. The number of hydrogen-bond acceptors (Lipinski definition) is 7. The molecule has 1 aliphatic heterocycles. The zero-order valence-corrected chi connectivity index (χ0v) is 18.6. The van der Waals surface area contributed by atoms with Crippen molar-refractivity contribution in [1.29, 1.82) is 0 Å². The number of carbonyl (C=O) groups is 2. The maximum absolute atomic E-state index is 13.1. The molecule has 2 heterocycles. The highest BCUT2D eigenvalue weighted by molar-refractivity contribution is 7.19. The van der Waals surface area contributed by atoms with E-state index in [2.05, 4.69) is 12.1 Å². The summed E-state index contributed by atoms with van der Waals surface area (Å²) in [5.74, 6) is -0.473. The maximum atomic E-state index is 13.1. The molecular formula is C22H28N2O5S. The third-order valence-electron chi connectivity index (χ3n) is 4.51. The molecule has 1 aliphatic rings. The topological polar surface area (TPSA) is 77.1 Å². The summed E-state index contributed by atoms with van der Waals surface area (Å²) in [6, 6.07) is 6.61. The van der Waals surface area contributed by atoms with Gasteiger partial charge in [0, 0.05) is 21.7 Å². The molecule has 0 spiro atoms. The highest BCUT2D eigenvalue weighted by Crippen LogP contribution is 2.45. The largest absolute Gasteiger partial charge is 0.464 e. The molecule has 1 aromatic carbocycles. The smallest absolute Gasteiger partial charge is 0.411 e. The molecule has 1 N–H and O–H groups in total. The van der Waals surface area contributed by atoms with E-state index in [-0.39, 0.29) is 19.2 Å². The van der Waals surface area contributed by atoms with Crippen LogP contribution < -0.4 is 5.48 Å². The minimum Gasteiger partial charge on any atom is -0.464 e. The summed E-state index contributed by atoms with van der Waals surface area (Å²) in [5.41, 5.74) is 3.07. The third kappa shape index (κ3) is 4.66. The van der Waals surface area contributed by atoms with Gasteiger partial charge >= 0.3 is 12.1 Å². The number of nitrogens with one attached hydrogen (secondary N) is 1. The molecule has 1 aromatic heterocycles. The van der Waals surface area contributed by atoms with Crippen LogP contribution in [0.4, 0.5) is 4.79 Å². The Morgan fingerprint density at radius 2 is 2.07 bits per heavy atom. The molecule has 2 aromatic rings. The van der Waals surface area contributed by atoms with Gasteiger partial charge in [-0.1, -0.05) is 24.3 Å². The predicted octanol–water partition coefficient (Wildman–Crippen LogP) is 4.50. The highest BCUT2D eigenvalue weighted by atomic mass is 32.1. The molecule has 0 aliphatic carbocycles. The van der Waals surface area contributed by atoms with E-state index in [4.69, 9.17) is 14.3 Å². The molecule has 0 saturated carbocycles. The van der Waals surface area contributed by atoms with E-state index in [0.29, 0.717) is 6.61 Å². The van der Waals surface area contributed by atoms with Crippen molar-refractivity contribution in [2.24, 2.45) is 0 Å². The van der Waals surface area contributed by atoms with Gasteiger partial charge < -0.3 is 9.47 Å². The monoisotopic (exact) mass is 432 g/mol. The van der Waals surface area contributed by atoms with Crippen LogP contribution in [0.5, 0.6) is 0 Å². The standard InChI is InChI=1S/C22H28N2O5S/c1-6-12-28-23-15-13-24(21(26)29-22(3,4)5)18(20(25)27-7-2)17-14-10-8-9-11-16(14)30-19(15)17/h6,8-11,15,18,23H,1,7,12-13H2,2-5H3. The van der Waals surface area contributed by atoms with E-state index in [1.165, 1.54) is 4.90 Å². The summed E-state index contributed by atoms with van der Waals surface area (Å²) in [6.45, 7) is 11.5. The van der Waals surface area contributed by atoms with Crippen LogP contribution in [-0.4, -0.2) is 42.3 Å². The molecule has 8 heteroatoms. The molecule has 162 valence electrons. The van der Waals surface area contributed by atoms with Gasteiger partial charge in [0.25, 0.3) is 0 Å². The molecule has 7 nitrogen and oxygen atoms in total. The summed E-state index contributed by atoms with van der Waals surface area (Å²) in [6.07, 6.45) is 1.06. The molecule has 0 fully saturated rings. The van der Waals surface area contributed by atoms with Gasteiger partial charge in [-0.3, -0.25) is 9.74 Å². The predicted molar refractivity (Wildman–Crippen MR) is 116 cm³/mol. The van der Waals surface area contributed by atoms with Crippen LogP contribution in [0.25, 0.3) is 10.1 Å². The summed E-state index contributed by atoms with van der Waals surface area (Å²) in [5, 5.41) is 0.916. The van der Waals surface area contributed by atoms with Crippen molar-refractivity contribution >= 4 is 33.5 Å². The lowest BCUT2D eigenvalue weighted by Crippen LogP contribution is -2.49. The third-order valence-corrected chi connectivity index (χ3v) is 5.81. The number of ether oxygens (including phenoxy) is 2. The van der Waals surface area contributed by atoms with Crippen molar-refractivity contribution in [1.82, 2.24) is 10.4 Å². The van der Waals surface area contributed by atoms with Crippen molar-refractivity contribution in [3.05, 3.63) is 47.4 Å². The molecular weight excluding hydrogens is 404 g/mol. The van der Waals surface area contributed by atoms with Crippen LogP contribution in [0.1, 0.15) is 50.2 Å². The fourth-order valence-electron chi connectivity index (χ4n) is 3.43. The van der Waals surface area contributed by atoms with E-state index in [1.807, 2.05) is 24.3 Å². The number of carbonyl (C=O) groups excluding carboxylic acids is 2. The fraction of sp³-hybridized carbons (Fsp3) is 0.455. The first kappa shape index (κ1) is 22.3. The number of thiophene rings is 1. The Labute approximate surface area is 180 Å². The number of rotatable bonds is 6. The van der Waals surface area contributed by atoms with Crippen molar-refractivity contribution in [2.75, 3.05) is 19.8 Å². The normalized spacial score (nSPS) is 18.7. The van der Waals surface area contributed by atoms with Crippen LogP contribution in [0, 0.1) is 0 Å². The SMILES string of the molecule is C=CCONC1CN(C(=O)OC(C)(C)C)C(C(=O)OCC)c2c1sc1ccccc21. The Balaban J connectivity index is 2.11. The lowest BCUT2D eigenvalue weighted by Gasteiger charge is -2.38. The number of benzene rings is 1. The maximum Gasteiger partial charge on any atom is 0.411 e. The second kappa shape index (κ2) is 9.16. The summed E-state index contributed by atoms with van der Waals surface area (Å²) in [7, 11) is 0. The molecule has 30 heavy (non-hydrogen) atoms. The minimum absolute atomic E-state index is 0.204. The second-order valence-corrected chi connectivity index (χ2v) is 9.02. The highest BCUT2D eigenvalue weighted by Gasteiger charge is 2.44. The molecule has 3 rings (SSSR count). The van der Waals surface area contributed by atoms with Crippen LogP contribution in [-0.2, 0) is 19.1 Å². The number of amides is 1. The van der Waals surface area contributed by atoms with Gasteiger partial charge in [-0.05, 0) is 39.1 Å². The van der Waals surface area contributed by atoms with Gasteiger partial charge in [0.1, 0.15) is 5.60 Å². The fourth-order valence-corrected chi connectivity index (χ4v) is 4.70. The molecule has 0 saturated heterocycles. The zero-order valence-electron chi connectivity index (χ0n) is 17.8. The van der Waals surface area contributed by atoms with Crippen LogP contribution in [0.3, 0.4) is 0 Å². The van der Waals surface area contributed by atoms with E-state index in [1.54, 1.807) is 45.1 Å². The van der Waals surface area contributed by atoms with Crippen molar-refractivity contribution in [3.8, 4) is 0 Å². The lowest BCUT2D eigenvalue weighted by molar-refractivity contribution is -0.150. The second-order valence-electron chi connectivity index (χ2n) is 7.93. The Bertz CT molecular complexity index is 933.